The molecule has 0 aliphatic rings. The van der Waals surface area contributed by atoms with Crippen molar-refractivity contribution in [1.29, 1.82) is 0 Å². The van der Waals surface area contributed by atoms with E-state index in [1.807, 2.05) is 170 Å². The number of carboxylic acid groups (broad SMARTS) is 2. The molecule has 18 nitrogen and oxygen atoms in total. The van der Waals surface area contributed by atoms with E-state index in [2.05, 4.69) is 86.0 Å². The molecule has 0 atom stereocenters. The second kappa shape index (κ2) is 58.7. The molecule has 10 aromatic rings. The summed E-state index contributed by atoms with van der Waals surface area (Å²) in [6, 6.07) is 73.6. The predicted octanol–water partition coefficient (Wildman–Crippen LogP) is 18.1. The Labute approximate surface area is 650 Å². The summed E-state index contributed by atoms with van der Waals surface area (Å²) in [6.45, 7) is 15.9. The zero-order valence-electron chi connectivity index (χ0n) is 60.7. The third-order valence-corrected chi connectivity index (χ3v) is 15.8. The maximum absolute atomic E-state index is 10.9. The molecule has 0 unspecified atom stereocenters. The number of pyridine rings is 6. The molecule has 6 heterocycles. The Kier molecular flexibility index (Phi) is 51.7. The first-order chi connectivity index (χ1) is 50.3. The van der Waals surface area contributed by atoms with Crippen molar-refractivity contribution in [3.05, 3.63) is 267 Å². The zero-order chi connectivity index (χ0) is 74.1. The third kappa shape index (κ3) is 41.6. The van der Waals surface area contributed by atoms with Gasteiger partial charge in [-0.1, -0.05) is 115 Å². The molecule has 566 valence electrons. The van der Waals surface area contributed by atoms with E-state index in [1.54, 1.807) is 43.0 Å². The van der Waals surface area contributed by atoms with Crippen molar-refractivity contribution in [3.63, 3.8) is 0 Å². The molecule has 0 saturated heterocycles. The minimum Gasteiger partial charge on any atom is -0.726 e. The Morgan fingerprint density at radius 1 is 0.381 bits per heavy atom. The Hall–Kier alpha value is -8.59. The van der Waals surface area contributed by atoms with E-state index in [0.29, 0.717) is 38.2 Å². The number of aromatic nitrogens is 6. The predicted molar refractivity (Wildman–Crippen MR) is 406 cm³/mol. The molecule has 0 fully saturated rings. The average Bonchev–Trinajstić information content (AvgIpc) is 0.919. The van der Waals surface area contributed by atoms with Crippen molar-refractivity contribution in [3.8, 4) is 56.5 Å². The molecule has 105 heavy (non-hydrogen) atoms. The molecule has 6 aromatic heterocycles. The normalized spacial score (nSPS) is 10.3. The summed E-state index contributed by atoms with van der Waals surface area (Å²) in [5, 5.41) is 26.4. The number of carboxylic acids is 2. The van der Waals surface area contributed by atoms with E-state index in [0.717, 1.165) is 77.1 Å². The minimum absolute atomic E-state index is 0. The third-order valence-electron chi connectivity index (χ3n) is 15.3. The first kappa shape index (κ1) is 92.5. The number of quaternary nitrogens is 1. The largest absolute Gasteiger partial charge is 0.726 e. The molecule has 0 spiro atoms. The molecule has 0 bridgehead atoms. The molecule has 0 amide bonds. The molecule has 21 heteroatoms. The van der Waals surface area contributed by atoms with Crippen LogP contribution in [0.2, 0.25) is 0 Å². The number of benzene rings is 4. The van der Waals surface area contributed by atoms with E-state index in [1.165, 1.54) is 100 Å². The minimum atomic E-state index is -4.61. The van der Waals surface area contributed by atoms with Crippen molar-refractivity contribution >= 4 is 22.3 Å². The van der Waals surface area contributed by atoms with E-state index in [-0.39, 0.29) is 70.6 Å². The van der Waals surface area contributed by atoms with Gasteiger partial charge in [0.2, 0.25) is 10.4 Å². The first-order valence-electron chi connectivity index (χ1n) is 35.5. The van der Waals surface area contributed by atoms with Gasteiger partial charge < -0.3 is 53.8 Å². The molecular weight excluding hydrogens is 1700 g/mol. The van der Waals surface area contributed by atoms with Crippen molar-refractivity contribution in [2.24, 2.45) is 0 Å². The van der Waals surface area contributed by atoms with E-state index in [4.69, 9.17) is 24.8 Å². The van der Waals surface area contributed by atoms with Crippen molar-refractivity contribution in [2.75, 3.05) is 52.6 Å². The van der Waals surface area contributed by atoms with Crippen molar-refractivity contribution < 1.29 is 96.2 Å². The Balaban J connectivity index is 0.000000418. The summed E-state index contributed by atoms with van der Waals surface area (Å²) < 4.78 is 46.7. The fraction of sp³-hybridized carbons (Fsp3) is 0.333. The maximum Gasteiger partial charge on any atom is 0.358 e. The number of nitrogens with zero attached hydrogens (tertiary/aromatic N) is 7. The Morgan fingerprint density at radius 3 is 0.914 bits per heavy atom. The number of hydrogen-bond acceptors (Lipinski definition) is 15. The summed E-state index contributed by atoms with van der Waals surface area (Å²) in [5.41, 5.74) is 7.86. The van der Waals surface area contributed by atoms with Gasteiger partial charge in [-0.15, -0.1) is 144 Å². The van der Waals surface area contributed by atoms with Gasteiger partial charge in [-0.25, -0.2) is 28.0 Å². The van der Waals surface area contributed by atoms with Crippen LogP contribution in [0.1, 0.15) is 151 Å². The Morgan fingerprint density at radius 2 is 0.667 bits per heavy atom. The molecular formula is C84H101Ir2N7O11S-4. The number of aliphatic hydroxyl groups is 1. The molecule has 3 N–H and O–H groups in total. The smallest absolute Gasteiger partial charge is 0.358 e. The molecule has 0 saturated carbocycles. The number of ether oxygens (including phenoxy) is 2. The molecule has 10 rings (SSSR count). The van der Waals surface area contributed by atoms with Gasteiger partial charge in [-0.3, -0.25) is 4.18 Å². The van der Waals surface area contributed by atoms with Crippen LogP contribution in [0.15, 0.2) is 231 Å². The number of hydrogen-bond donors (Lipinski definition) is 3. The van der Waals surface area contributed by atoms with Crippen LogP contribution >= 0.6 is 0 Å². The van der Waals surface area contributed by atoms with Crippen molar-refractivity contribution in [1.82, 2.24) is 29.9 Å². The standard InChI is InChI=1S/C16H36N.C12H17NO7S.C12H17NO4.4C11H8N.2Ir/c1-5-9-13-17(14-10-6-2,15-11-7-3)16-12-8-4;14-12(15)11-10(6-5-7-13-11)19-8-3-1-2-4-9-20-21(16,17)18;14-8-3-1-2-4-9-17-10-6-5-7-13-11(10)12(15)16;4*1-2-6-10(7-3-1)11-8-4-5-9-12-11;;/h5-16H2,1-4H3;5-7H,1-4,8-9H2,(H,14,15)(H,16,17,18);5-7,14H,1-4,8-9H2,(H,15,16);4*1-6,8-9H;;/q+1;;;4*-1;;/p-1. The monoisotopic (exact) mass is 1800 g/mol. The van der Waals surface area contributed by atoms with Gasteiger partial charge in [0.1, 0.15) is 0 Å². The van der Waals surface area contributed by atoms with Crippen LogP contribution in [-0.4, -0.2) is 127 Å². The summed E-state index contributed by atoms with van der Waals surface area (Å²) in [6.07, 6.45) is 27.1. The van der Waals surface area contributed by atoms with Crippen LogP contribution in [0.4, 0.5) is 0 Å². The summed E-state index contributed by atoms with van der Waals surface area (Å²) in [7, 11) is -4.61. The number of rotatable bonds is 34. The van der Waals surface area contributed by atoms with E-state index in [9.17, 15) is 22.6 Å². The number of carbonyl (C=O) groups is 2. The first-order valence-corrected chi connectivity index (χ1v) is 36.8. The van der Waals surface area contributed by atoms with Gasteiger partial charge in [0.25, 0.3) is 0 Å². The number of unbranched alkanes of at least 4 members (excludes halogenated alkanes) is 10. The fourth-order valence-electron chi connectivity index (χ4n) is 9.93. The summed E-state index contributed by atoms with van der Waals surface area (Å²) in [5.74, 6) is -1.71. The zero-order valence-corrected chi connectivity index (χ0v) is 66.3. The van der Waals surface area contributed by atoms with Gasteiger partial charge in [-0.05, 0) is 136 Å². The number of aromatic carboxylic acids is 2. The second-order valence-electron chi connectivity index (χ2n) is 23.4. The van der Waals surface area contributed by atoms with Crippen molar-refractivity contribution in [2.45, 2.75) is 130 Å². The molecule has 0 aliphatic carbocycles. The number of aliphatic hydroxyl groups excluding tert-OH is 1. The van der Waals surface area contributed by atoms with Gasteiger partial charge in [-0.2, -0.15) is 0 Å². The van der Waals surface area contributed by atoms with Crippen LogP contribution in [-0.2, 0) is 54.8 Å². The van der Waals surface area contributed by atoms with Crippen LogP contribution in [0.3, 0.4) is 0 Å². The molecule has 0 aliphatic heterocycles. The van der Waals surface area contributed by atoms with Crippen LogP contribution in [0, 0.1) is 24.3 Å². The van der Waals surface area contributed by atoms with Gasteiger partial charge in [0.05, 0.1) is 46.0 Å². The summed E-state index contributed by atoms with van der Waals surface area (Å²) in [4.78, 5) is 46.0. The quantitative estimate of drug-likeness (QED) is 0.0111. The molecule has 4 aromatic carbocycles. The van der Waals surface area contributed by atoms with Crippen LogP contribution in [0.25, 0.3) is 45.0 Å². The topological polar surface area (TPSA) is 257 Å². The van der Waals surface area contributed by atoms with Gasteiger partial charge >= 0.3 is 11.9 Å². The SMILES string of the molecule is CCCC[N+](CCCC)(CCCC)CCCC.O=C(O)c1ncccc1OCCCCCCO.O=C(O)c1ncccc1OCCCCCCOS(=O)(=O)[O-].[Ir].[Ir].[c-]1ccccc1-c1ccccn1.[c-]1ccccc1-c1ccccn1.[c-]1ccccc1-c1ccccn1.[c-]1ccccc1-c1ccccn1. The second-order valence-corrected chi connectivity index (χ2v) is 24.5. The van der Waals surface area contributed by atoms with Gasteiger partial charge in [0.15, 0.2) is 22.9 Å². The van der Waals surface area contributed by atoms with E-state index < -0.39 is 22.3 Å². The van der Waals surface area contributed by atoms with Gasteiger partial charge in [0, 0.05) is 84.0 Å². The van der Waals surface area contributed by atoms with Crippen LogP contribution < -0.4 is 9.47 Å². The fourth-order valence-corrected chi connectivity index (χ4v) is 10.3. The summed E-state index contributed by atoms with van der Waals surface area (Å²) >= 11 is 0. The maximum atomic E-state index is 10.9. The average molecular weight is 1800 g/mol. The Bertz CT molecular complexity index is 3370. The van der Waals surface area contributed by atoms with Crippen LogP contribution in [0.5, 0.6) is 11.5 Å². The van der Waals surface area contributed by atoms with E-state index >= 15 is 0 Å². The molecule has 2 radical (unpaired) electrons.